The van der Waals surface area contributed by atoms with Crippen molar-refractivity contribution in [3.8, 4) is 5.75 Å². The number of nitro groups is 1. The lowest BCUT2D eigenvalue weighted by Gasteiger charge is -2.17. The number of aryl methyl sites for hydroxylation is 1. The van der Waals surface area contributed by atoms with Gasteiger partial charge in [0.2, 0.25) is 5.75 Å². The number of hydrogen-bond acceptors (Lipinski definition) is 4. The second-order valence-corrected chi connectivity index (χ2v) is 6.21. The molecule has 0 aliphatic heterocycles. The zero-order valence-electron chi connectivity index (χ0n) is 11.3. The van der Waals surface area contributed by atoms with Crippen molar-refractivity contribution in [2.24, 2.45) is 5.41 Å². The standard InChI is InChI=1S/C13H16BrNO4/c1-8-5-9(14)6-10(15(17)18)12(8)19-7-11(16)13(2,3)4/h5-6H,7H2,1-4H3. The number of carbonyl (C=O) groups is 1. The molecule has 0 spiro atoms. The summed E-state index contributed by atoms with van der Waals surface area (Å²) >= 11 is 3.20. The van der Waals surface area contributed by atoms with Crippen LogP contribution in [-0.2, 0) is 4.79 Å². The number of hydrogen-bond donors (Lipinski definition) is 0. The Bertz CT molecular complexity index is 520. The van der Waals surface area contributed by atoms with Crippen molar-refractivity contribution in [3.63, 3.8) is 0 Å². The molecule has 1 aromatic carbocycles. The first-order chi connectivity index (χ1) is 8.62. The van der Waals surface area contributed by atoms with Crippen molar-refractivity contribution in [1.29, 1.82) is 0 Å². The van der Waals surface area contributed by atoms with Gasteiger partial charge in [0.1, 0.15) is 6.61 Å². The largest absolute Gasteiger partial charge is 0.479 e. The van der Waals surface area contributed by atoms with Gasteiger partial charge in [0.05, 0.1) is 4.92 Å². The minimum Gasteiger partial charge on any atom is -0.479 e. The SMILES string of the molecule is Cc1cc(Br)cc([N+](=O)[O-])c1OCC(=O)C(C)(C)C. The predicted octanol–water partition coefficient (Wildman–Crippen LogP) is 3.66. The van der Waals surface area contributed by atoms with Crippen LogP contribution < -0.4 is 4.74 Å². The maximum atomic E-state index is 11.8. The molecule has 0 saturated heterocycles. The van der Waals surface area contributed by atoms with Crippen LogP contribution in [0.1, 0.15) is 26.3 Å². The molecule has 1 aromatic rings. The van der Waals surface area contributed by atoms with Crippen molar-refractivity contribution in [2.45, 2.75) is 27.7 Å². The lowest BCUT2D eigenvalue weighted by molar-refractivity contribution is -0.385. The van der Waals surface area contributed by atoms with Crippen LogP contribution in [0, 0.1) is 22.5 Å². The Hall–Kier alpha value is -1.43. The van der Waals surface area contributed by atoms with E-state index in [1.807, 2.05) is 0 Å². The molecule has 0 aromatic heterocycles. The first-order valence-corrected chi connectivity index (χ1v) is 6.53. The Morgan fingerprint density at radius 2 is 2.00 bits per heavy atom. The van der Waals surface area contributed by atoms with Crippen molar-refractivity contribution >= 4 is 27.4 Å². The van der Waals surface area contributed by atoms with E-state index in [1.54, 1.807) is 33.8 Å². The summed E-state index contributed by atoms with van der Waals surface area (Å²) in [6.45, 7) is 6.87. The zero-order valence-corrected chi connectivity index (χ0v) is 12.9. The van der Waals surface area contributed by atoms with Gasteiger partial charge in [-0.05, 0) is 18.6 Å². The summed E-state index contributed by atoms with van der Waals surface area (Å²) in [7, 11) is 0. The number of Topliss-reactive ketones (excluding diaryl/α,β-unsaturated/α-hetero) is 1. The molecule has 0 unspecified atom stereocenters. The molecule has 19 heavy (non-hydrogen) atoms. The van der Waals surface area contributed by atoms with E-state index < -0.39 is 10.3 Å². The summed E-state index contributed by atoms with van der Waals surface area (Å²) in [5, 5.41) is 11.0. The van der Waals surface area contributed by atoms with E-state index in [0.717, 1.165) is 0 Å². The molecule has 0 amide bonds. The van der Waals surface area contributed by atoms with Crippen LogP contribution in [0.15, 0.2) is 16.6 Å². The highest BCUT2D eigenvalue weighted by molar-refractivity contribution is 9.10. The summed E-state index contributed by atoms with van der Waals surface area (Å²) in [5.41, 5.74) is -0.0609. The fourth-order valence-electron chi connectivity index (χ4n) is 1.39. The normalized spacial score (nSPS) is 11.2. The second kappa shape index (κ2) is 5.69. The van der Waals surface area contributed by atoms with E-state index in [9.17, 15) is 14.9 Å². The average molecular weight is 330 g/mol. The van der Waals surface area contributed by atoms with Gasteiger partial charge in [0, 0.05) is 16.0 Å². The van der Waals surface area contributed by atoms with Gasteiger partial charge in [0.25, 0.3) is 0 Å². The van der Waals surface area contributed by atoms with E-state index in [1.165, 1.54) is 6.07 Å². The topological polar surface area (TPSA) is 69.4 Å². The molecular formula is C13H16BrNO4. The lowest BCUT2D eigenvalue weighted by atomic mass is 9.91. The van der Waals surface area contributed by atoms with Crippen LogP contribution in [-0.4, -0.2) is 17.3 Å². The molecule has 0 heterocycles. The molecular weight excluding hydrogens is 314 g/mol. The Kier molecular flexibility index (Phi) is 4.68. The molecule has 104 valence electrons. The Morgan fingerprint density at radius 1 is 1.42 bits per heavy atom. The Morgan fingerprint density at radius 3 is 2.47 bits per heavy atom. The summed E-state index contributed by atoms with van der Waals surface area (Å²) < 4.78 is 5.96. The molecule has 6 heteroatoms. The quantitative estimate of drug-likeness (QED) is 0.624. The molecule has 0 atom stereocenters. The number of rotatable bonds is 4. The van der Waals surface area contributed by atoms with E-state index >= 15 is 0 Å². The van der Waals surface area contributed by atoms with Crippen LogP contribution in [0.25, 0.3) is 0 Å². The van der Waals surface area contributed by atoms with Gasteiger partial charge in [0.15, 0.2) is 5.78 Å². The molecule has 0 fully saturated rings. The van der Waals surface area contributed by atoms with Crippen LogP contribution >= 0.6 is 15.9 Å². The van der Waals surface area contributed by atoms with E-state index in [-0.39, 0.29) is 23.8 Å². The van der Waals surface area contributed by atoms with Crippen molar-refractivity contribution in [3.05, 3.63) is 32.3 Å². The van der Waals surface area contributed by atoms with E-state index in [0.29, 0.717) is 10.0 Å². The molecule has 0 aliphatic carbocycles. The van der Waals surface area contributed by atoms with E-state index in [4.69, 9.17) is 4.74 Å². The molecule has 1 rings (SSSR count). The maximum Gasteiger partial charge on any atom is 0.312 e. The highest BCUT2D eigenvalue weighted by Gasteiger charge is 2.24. The molecule has 0 saturated carbocycles. The summed E-state index contributed by atoms with van der Waals surface area (Å²) in [4.78, 5) is 22.3. The Labute approximate surface area is 120 Å². The molecule has 0 aliphatic rings. The maximum absolute atomic E-state index is 11.8. The number of carbonyl (C=O) groups excluding carboxylic acids is 1. The monoisotopic (exact) mass is 329 g/mol. The smallest absolute Gasteiger partial charge is 0.312 e. The minimum absolute atomic E-state index is 0.107. The van der Waals surface area contributed by atoms with Crippen molar-refractivity contribution < 1.29 is 14.5 Å². The van der Waals surface area contributed by atoms with Crippen LogP contribution in [0.5, 0.6) is 5.75 Å². The van der Waals surface area contributed by atoms with Gasteiger partial charge in [-0.3, -0.25) is 14.9 Å². The number of ketones is 1. The van der Waals surface area contributed by atoms with Crippen LogP contribution in [0.4, 0.5) is 5.69 Å². The van der Waals surface area contributed by atoms with Gasteiger partial charge >= 0.3 is 5.69 Å². The summed E-state index contributed by atoms with van der Waals surface area (Å²) in [6, 6.07) is 3.08. The molecule has 0 bridgehead atoms. The number of benzene rings is 1. The van der Waals surface area contributed by atoms with Gasteiger partial charge in [-0.1, -0.05) is 36.7 Å². The molecule has 0 radical (unpaired) electrons. The molecule has 5 nitrogen and oxygen atoms in total. The van der Waals surface area contributed by atoms with Crippen LogP contribution in [0.2, 0.25) is 0 Å². The van der Waals surface area contributed by atoms with E-state index in [2.05, 4.69) is 15.9 Å². The first-order valence-electron chi connectivity index (χ1n) is 5.73. The number of halogens is 1. The lowest BCUT2D eigenvalue weighted by Crippen LogP contribution is -2.26. The van der Waals surface area contributed by atoms with Gasteiger partial charge < -0.3 is 4.74 Å². The van der Waals surface area contributed by atoms with Gasteiger partial charge in [-0.15, -0.1) is 0 Å². The highest BCUT2D eigenvalue weighted by Crippen LogP contribution is 2.34. The van der Waals surface area contributed by atoms with Crippen molar-refractivity contribution in [1.82, 2.24) is 0 Å². The number of nitrogens with zero attached hydrogens (tertiary/aromatic N) is 1. The third kappa shape index (κ3) is 4.02. The number of nitro benzene ring substituents is 1. The Balaban J connectivity index is 3.01. The third-order valence-electron chi connectivity index (χ3n) is 2.60. The first kappa shape index (κ1) is 15.6. The highest BCUT2D eigenvalue weighted by atomic mass is 79.9. The second-order valence-electron chi connectivity index (χ2n) is 5.29. The number of ether oxygens (including phenoxy) is 1. The average Bonchev–Trinajstić information content (AvgIpc) is 2.24. The van der Waals surface area contributed by atoms with Gasteiger partial charge in [-0.2, -0.15) is 0 Å². The molecule has 0 N–H and O–H groups in total. The fourth-order valence-corrected chi connectivity index (χ4v) is 1.95. The summed E-state index contributed by atoms with van der Waals surface area (Å²) in [6.07, 6.45) is 0. The fraction of sp³-hybridized carbons (Fsp3) is 0.462. The van der Waals surface area contributed by atoms with Crippen LogP contribution in [0.3, 0.4) is 0 Å². The third-order valence-corrected chi connectivity index (χ3v) is 3.06. The predicted molar refractivity (Wildman–Crippen MR) is 75.5 cm³/mol. The summed E-state index contributed by atoms with van der Waals surface area (Å²) in [5.74, 6) is 0.0370. The zero-order chi connectivity index (χ0) is 14.8. The van der Waals surface area contributed by atoms with Crippen molar-refractivity contribution in [2.75, 3.05) is 6.61 Å². The minimum atomic E-state index is -0.530. The van der Waals surface area contributed by atoms with Gasteiger partial charge in [-0.25, -0.2) is 0 Å².